The number of hydrogen-bond donors (Lipinski definition) is 0. The number of halogens is 3. The summed E-state index contributed by atoms with van der Waals surface area (Å²) >= 11 is 0. The van der Waals surface area contributed by atoms with Gasteiger partial charge in [-0.15, -0.1) is 0 Å². The van der Waals surface area contributed by atoms with Crippen LogP contribution in [-0.4, -0.2) is 40.1 Å². The number of ether oxygens (including phenoxy) is 1. The van der Waals surface area contributed by atoms with E-state index < -0.39 is 37.8 Å². The molecule has 2 rings (SSSR count). The number of nitrogens with zero attached hydrogens (tertiary/aromatic N) is 4. The molecule has 29 heavy (non-hydrogen) atoms. The van der Waals surface area contributed by atoms with E-state index in [2.05, 4.69) is 15.1 Å². The molecule has 0 aliphatic heterocycles. The predicted octanol–water partition coefficient (Wildman–Crippen LogP) is 4.32. The van der Waals surface area contributed by atoms with Crippen LogP contribution in [0.4, 0.5) is 13.2 Å². The van der Waals surface area contributed by atoms with E-state index in [1.54, 1.807) is 6.92 Å². The van der Waals surface area contributed by atoms with Gasteiger partial charge in [0.2, 0.25) is 0 Å². The van der Waals surface area contributed by atoms with Crippen molar-refractivity contribution in [2.45, 2.75) is 64.7 Å². The van der Waals surface area contributed by atoms with Gasteiger partial charge in [0, 0.05) is 12.4 Å². The summed E-state index contributed by atoms with van der Waals surface area (Å²) in [6.07, 6.45) is -1.88. The lowest BCUT2D eigenvalue weighted by Gasteiger charge is -2.38. The highest BCUT2D eigenvalue weighted by atomic mass is 28.4. The zero-order chi connectivity index (χ0) is 22.0. The van der Waals surface area contributed by atoms with Crippen LogP contribution in [0.15, 0.2) is 24.7 Å². The summed E-state index contributed by atoms with van der Waals surface area (Å²) in [5.41, 5.74) is -1.89. The van der Waals surface area contributed by atoms with Crippen LogP contribution in [0, 0.1) is 0 Å². The lowest BCUT2D eigenvalue weighted by Crippen LogP contribution is -2.44. The number of carbonyl (C=O) groups excluding carboxylic acids is 1. The first-order valence-electron chi connectivity index (χ1n) is 9.02. The van der Waals surface area contributed by atoms with Crippen molar-refractivity contribution in [3.8, 4) is 6.01 Å². The standard InChI is InChI=1S/C18H25F3N4O3Si/c1-12(28-29(5,6)17(2,3)4)11-25-14(18(19,20)21)13(10-24-25)15(26)27-16-22-8-7-9-23-16/h7-10,12H,11H2,1-6H3/t12-/m1/s1. The van der Waals surface area contributed by atoms with Gasteiger partial charge in [-0.3, -0.25) is 4.68 Å². The van der Waals surface area contributed by atoms with E-state index in [0.29, 0.717) is 0 Å². The van der Waals surface area contributed by atoms with E-state index in [9.17, 15) is 18.0 Å². The van der Waals surface area contributed by atoms with Crippen molar-refractivity contribution in [1.29, 1.82) is 0 Å². The van der Waals surface area contributed by atoms with Gasteiger partial charge in [-0.05, 0) is 31.1 Å². The summed E-state index contributed by atoms with van der Waals surface area (Å²) in [5, 5.41) is 3.67. The Kier molecular flexibility index (Phi) is 6.53. The van der Waals surface area contributed by atoms with Gasteiger partial charge >= 0.3 is 18.2 Å². The molecule has 0 aliphatic carbocycles. The van der Waals surface area contributed by atoms with Gasteiger partial charge < -0.3 is 9.16 Å². The molecule has 0 amide bonds. The van der Waals surface area contributed by atoms with E-state index in [1.165, 1.54) is 18.5 Å². The van der Waals surface area contributed by atoms with E-state index in [0.717, 1.165) is 10.9 Å². The van der Waals surface area contributed by atoms with E-state index in [1.807, 2.05) is 33.9 Å². The normalized spacial score (nSPS) is 14.0. The van der Waals surface area contributed by atoms with Crippen LogP contribution < -0.4 is 4.74 Å². The molecular formula is C18H25F3N4O3Si. The Hall–Kier alpha value is -2.27. The van der Waals surface area contributed by atoms with E-state index in [4.69, 9.17) is 9.16 Å². The van der Waals surface area contributed by atoms with Crippen LogP contribution in [0.25, 0.3) is 0 Å². The fraction of sp³-hybridized carbons (Fsp3) is 0.556. The summed E-state index contributed by atoms with van der Waals surface area (Å²) in [5.74, 6) is -1.23. The summed E-state index contributed by atoms with van der Waals surface area (Å²) in [6.45, 7) is 11.7. The first-order chi connectivity index (χ1) is 13.2. The fourth-order valence-corrected chi connectivity index (χ4v) is 3.84. The average molecular weight is 431 g/mol. The minimum absolute atomic E-state index is 0.0944. The molecule has 0 aromatic carbocycles. The van der Waals surface area contributed by atoms with Crippen molar-refractivity contribution >= 4 is 14.3 Å². The van der Waals surface area contributed by atoms with E-state index in [-0.39, 0.29) is 17.6 Å². The SMILES string of the molecule is C[C@H](Cn1ncc(C(=O)Oc2ncccn2)c1C(F)(F)F)O[Si](C)(C)C(C)(C)C. The molecule has 0 unspecified atom stereocenters. The van der Waals surface area contributed by atoms with Gasteiger partial charge in [0.15, 0.2) is 14.0 Å². The highest BCUT2D eigenvalue weighted by molar-refractivity contribution is 6.74. The van der Waals surface area contributed by atoms with Gasteiger partial charge in [-0.1, -0.05) is 20.8 Å². The Morgan fingerprint density at radius 2 is 1.79 bits per heavy atom. The molecule has 0 aliphatic rings. The number of alkyl halides is 3. The molecule has 0 fully saturated rings. The summed E-state index contributed by atoms with van der Waals surface area (Å²) in [7, 11) is -2.18. The molecule has 7 nitrogen and oxygen atoms in total. The number of aromatic nitrogens is 4. The Balaban J connectivity index is 2.26. The highest BCUT2D eigenvalue weighted by Crippen LogP contribution is 2.38. The molecule has 0 spiro atoms. The maximum Gasteiger partial charge on any atom is 0.433 e. The van der Waals surface area contributed by atoms with Crippen LogP contribution in [0.3, 0.4) is 0 Å². The first kappa shape index (κ1) is 23.0. The highest BCUT2D eigenvalue weighted by Gasteiger charge is 2.42. The van der Waals surface area contributed by atoms with Gasteiger partial charge in [-0.25, -0.2) is 14.8 Å². The van der Waals surface area contributed by atoms with Crippen molar-refractivity contribution in [3.05, 3.63) is 35.9 Å². The minimum atomic E-state index is -4.81. The molecule has 0 N–H and O–H groups in total. The van der Waals surface area contributed by atoms with Crippen molar-refractivity contribution in [1.82, 2.24) is 19.7 Å². The molecule has 2 aromatic heterocycles. The third kappa shape index (κ3) is 5.63. The quantitative estimate of drug-likeness (QED) is 0.502. The summed E-state index contributed by atoms with van der Waals surface area (Å²) in [6, 6.07) is 1.15. The van der Waals surface area contributed by atoms with Crippen LogP contribution in [-0.2, 0) is 17.1 Å². The van der Waals surface area contributed by atoms with Crippen LogP contribution in [0.5, 0.6) is 6.01 Å². The van der Waals surface area contributed by atoms with Gasteiger partial charge in [0.05, 0.1) is 18.8 Å². The van der Waals surface area contributed by atoms with Crippen LogP contribution in [0.1, 0.15) is 43.7 Å². The lowest BCUT2D eigenvalue weighted by atomic mass is 10.2. The second-order valence-electron chi connectivity index (χ2n) is 8.20. The Morgan fingerprint density at radius 1 is 1.21 bits per heavy atom. The molecule has 160 valence electrons. The number of rotatable bonds is 6. The zero-order valence-electron chi connectivity index (χ0n) is 17.2. The fourth-order valence-electron chi connectivity index (χ4n) is 2.41. The molecule has 0 saturated heterocycles. The summed E-state index contributed by atoms with van der Waals surface area (Å²) in [4.78, 5) is 19.6. The molecular weight excluding hydrogens is 405 g/mol. The molecule has 0 saturated carbocycles. The third-order valence-electron chi connectivity index (χ3n) is 4.79. The van der Waals surface area contributed by atoms with Crippen molar-refractivity contribution in [2.24, 2.45) is 0 Å². The molecule has 0 radical (unpaired) electrons. The number of hydrogen-bond acceptors (Lipinski definition) is 6. The predicted molar refractivity (Wildman–Crippen MR) is 102 cm³/mol. The largest absolute Gasteiger partial charge is 0.433 e. The van der Waals surface area contributed by atoms with Gasteiger partial charge in [-0.2, -0.15) is 18.3 Å². The zero-order valence-corrected chi connectivity index (χ0v) is 18.2. The van der Waals surface area contributed by atoms with Crippen LogP contribution in [0.2, 0.25) is 18.1 Å². The molecule has 2 aromatic rings. The summed E-state index contributed by atoms with van der Waals surface area (Å²) < 4.78 is 52.8. The Labute approximate surface area is 168 Å². The van der Waals surface area contributed by atoms with Crippen molar-refractivity contribution in [2.75, 3.05) is 0 Å². The maximum atomic E-state index is 13.7. The van der Waals surface area contributed by atoms with E-state index >= 15 is 0 Å². The number of carbonyl (C=O) groups is 1. The molecule has 0 bridgehead atoms. The maximum absolute atomic E-state index is 13.7. The molecule has 1 atom stereocenters. The average Bonchev–Trinajstić information content (AvgIpc) is 2.98. The first-order valence-corrected chi connectivity index (χ1v) is 11.9. The topological polar surface area (TPSA) is 79.1 Å². The minimum Gasteiger partial charge on any atom is -0.412 e. The van der Waals surface area contributed by atoms with Gasteiger partial charge in [0.1, 0.15) is 5.56 Å². The van der Waals surface area contributed by atoms with Gasteiger partial charge in [0.25, 0.3) is 0 Å². The monoisotopic (exact) mass is 430 g/mol. The van der Waals surface area contributed by atoms with Crippen LogP contribution >= 0.6 is 0 Å². The van der Waals surface area contributed by atoms with Crippen molar-refractivity contribution in [3.63, 3.8) is 0 Å². The van der Waals surface area contributed by atoms with Crippen molar-refractivity contribution < 1.29 is 27.1 Å². The Morgan fingerprint density at radius 3 is 2.31 bits per heavy atom. The smallest absolute Gasteiger partial charge is 0.412 e. The second-order valence-corrected chi connectivity index (χ2v) is 13.0. The second kappa shape index (κ2) is 8.23. The third-order valence-corrected chi connectivity index (χ3v) is 9.39. The lowest BCUT2D eigenvalue weighted by molar-refractivity contribution is -0.145. The molecule has 2 heterocycles. The number of esters is 1. The Bertz CT molecular complexity index is 848. The molecule has 11 heteroatoms.